The lowest BCUT2D eigenvalue weighted by molar-refractivity contribution is -0.124. The Morgan fingerprint density at radius 3 is 2.21 bits per heavy atom. The molecule has 1 aliphatic heterocycles. The van der Waals surface area contributed by atoms with Gasteiger partial charge in [0, 0.05) is 12.6 Å². The van der Waals surface area contributed by atoms with Crippen LogP contribution in [0.15, 0.2) is 0 Å². The molecule has 5 rings (SSSR count). The number of sulfone groups is 1. The quantitative estimate of drug-likeness (QED) is 0.811. The van der Waals surface area contributed by atoms with Gasteiger partial charge in [-0.1, -0.05) is 0 Å². The fourth-order valence-corrected chi connectivity index (χ4v) is 8.13. The third-order valence-corrected chi connectivity index (χ3v) is 8.80. The Morgan fingerprint density at radius 2 is 1.71 bits per heavy atom. The van der Waals surface area contributed by atoms with Crippen molar-refractivity contribution in [2.45, 2.75) is 51.0 Å². The summed E-state index contributed by atoms with van der Waals surface area (Å²) in [5.41, 5.74) is 0.361. The zero-order chi connectivity index (χ0) is 16.9. The molecule has 6 heteroatoms. The molecule has 4 saturated carbocycles. The standard InChI is InChI=1S/C18H30N2O3S/c1-20(16-2-3-24(22,23)11-16)10-17(21)19-12-18-7-13-4-14(8-18)6-15(5-13)9-18/h13-16H,2-12H2,1H3,(H,19,21). The number of rotatable bonds is 5. The molecule has 4 aliphatic carbocycles. The summed E-state index contributed by atoms with van der Waals surface area (Å²) in [4.78, 5) is 14.3. The lowest BCUT2D eigenvalue weighted by Gasteiger charge is -2.56. The first kappa shape index (κ1) is 16.8. The lowest BCUT2D eigenvalue weighted by atomic mass is 9.49. The molecule has 1 saturated heterocycles. The van der Waals surface area contributed by atoms with E-state index in [1.165, 1.54) is 38.5 Å². The second-order valence-electron chi connectivity index (χ2n) is 9.17. The Labute approximate surface area is 145 Å². The van der Waals surface area contributed by atoms with Gasteiger partial charge in [0.05, 0.1) is 18.1 Å². The van der Waals surface area contributed by atoms with E-state index < -0.39 is 9.84 Å². The number of hydrogen-bond donors (Lipinski definition) is 1. The molecular formula is C18H30N2O3S. The van der Waals surface area contributed by atoms with Gasteiger partial charge in [0.15, 0.2) is 9.84 Å². The van der Waals surface area contributed by atoms with Crippen molar-refractivity contribution >= 4 is 15.7 Å². The van der Waals surface area contributed by atoms with Crippen molar-refractivity contribution in [3.63, 3.8) is 0 Å². The van der Waals surface area contributed by atoms with Crippen LogP contribution in [0.5, 0.6) is 0 Å². The van der Waals surface area contributed by atoms with Gasteiger partial charge in [-0.3, -0.25) is 9.69 Å². The van der Waals surface area contributed by atoms with Crippen molar-refractivity contribution in [3.05, 3.63) is 0 Å². The highest BCUT2D eigenvalue weighted by Crippen LogP contribution is 2.59. The summed E-state index contributed by atoms with van der Waals surface area (Å²) >= 11 is 0. The third-order valence-electron chi connectivity index (χ3n) is 7.05. The Kier molecular flexibility index (Phi) is 4.19. The molecule has 4 bridgehead atoms. The smallest absolute Gasteiger partial charge is 0.234 e. The van der Waals surface area contributed by atoms with Crippen LogP contribution in [0.3, 0.4) is 0 Å². The van der Waals surface area contributed by atoms with E-state index in [-0.39, 0.29) is 23.5 Å². The van der Waals surface area contributed by atoms with Gasteiger partial charge in [-0.15, -0.1) is 0 Å². The highest BCUT2D eigenvalue weighted by atomic mass is 32.2. The molecule has 5 fully saturated rings. The summed E-state index contributed by atoms with van der Waals surface area (Å²) in [5, 5.41) is 3.18. The fraction of sp³-hybridized carbons (Fsp3) is 0.944. The zero-order valence-electron chi connectivity index (χ0n) is 14.7. The average Bonchev–Trinajstić information content (AvgIpc) is 2.84. The summed E-state index contributed by atoms with van der Waals surface area (Å²) in [6.07, 6.45) is 8.83. The van der Waals surface area contributed by atoms with Gasteiger partial charge in [0.25, 0.3) is 0 Å². The van der Waals surface area contributed by atoms with E-state index in [1.54, 1.807) is 0 Å². The van der Waals surface area contributed by atoms with Crippen molar-refractivity contribution in [2.24, 2.45) is 23.2 Å². The number of nitrogens with zero attached hydrogens (tertiary/aromatic N) is 1. The van der Waals surface area contributed by atoms with Crippen LogP contribution in [-0.2, 0) is 14.6 Å². The third kappa shape index (κ3) is 3.36. The van der Waals surface area contributed by atoms with Crippen LogP contribution < -0.4 is 5.32 Å². The number of carbonyl (C=O) groups is 1. The normalized spacial score (nSPS) is 42.6. The molecule has 0 aromatic carbocycles. The molecule has 5 aliphatic rings. The van der Waals surface area contributed by atoms with Gasteiger partial charge in [0.2, 0.25) is 5.91 Å². The van der Waals surface area contributed by atoms with Crippen LogP contribution in [0.1, 0.15) is 44.9 Å². The molecular weight excluding hydrogens is 324 g/mol. The maximum Gasteiger partial charge on any atom is 0.234 e. The monoisotopic (exact) mass is 354 g/mol. The molecule has 1 unspecified atom stereocenters. The minimum absolute atomic E-state index is 0.000277. The van der Waals surface area contributed by atoms with E-state index in [1.807, 2.05) is 11.9 Å². The number of likely N-dealkylation sites (N-methyl/N-ethyl adjacent to an activating group) is 1. The average molecular weight is 355 g/mol. The largest absolute Gasteiger partial charge is 0.354 e. The van der Waals surface area contributed by atoms with Gasteiger partial charge < -0.3 is 5.32 Å². The van der Waals surface area contributed by atoms with Crippen molar-refractivity contribution in [3.8, 4) is 0 Å². The van der Waals surface area contributed by atoms with E-state index in [2.05, 4.69) is 5.32 Å². The SMILES string of the molecule is CN(CC(=O)NCC12CC3CC(CC(C3)C1)C2)C1CCS(=O)(=O)C1. The molecule has 1 amide bonds. The maximum absolute atomic E-state index is 12.4. The van der Waals surface area contributed by atoms with E-state index in [4.69, 9.17) is 0 Å². The first-order valence-corrected chi connectivity index (χ1v) is 11.3. The van der Waals surface area contributed by atoms with Gasteiger partial charge in [-0.2, -0.15) is 0 Å². The molecule has 0 aromatic heterocycles. The molecule has 0 spiro atoms. The van der Waals surface area contributed by atoms with Gasteiger partial charge in [-0.05, 0) is 75.2 Å². The van der Waals surface area contributed by atoms with Crippen LogP contribution in [0.4, 0.5) is 0 Å². The first-order valence-electron chi connectivity index (χ1n) is 9.50. The van der Waals surface area contributed by atoms with Crippen LogP contribution >= 0.6 is 0 Å². The first-order chi connectivity index (χ1) is 11.3. The Bertz CT molecular complexity index is 580. The predicted octanol–water partition coefficient (Wildman–Crippen LogP) is 1.44. The molecule has 1 N–H and O–H groups in total. The van der Waals surface area contributed by atoms with Crippen LogP contribution in [0.2, 0.25) is 0 Å². The van der Waals surface area contributed by atoms with Gasteiger partial charge in [0.1, 0.15) is 0 Å². The Morgan fingerprint density at radius 1 is 1.12 bits per heavy atom. The number of amides is 1. The molecule has 5 nitrogen and oxygen atoms in total. The van der Waals surface area contributed by atoms with E-state index in [0.717, 1.165) is 24.3 Å². The number of carbonyl (C=O) groups excluding carboxylic acids is 1. The van der Waals surface area contributed by atoms with Crippen LogP contribution in [0, 0.1) is 23.2 Å². The Hall–Kier alpha value is -0.620. The van der Waals surface area contributed by atoms with Crippen LogP contribution in [-0.4, -0.2) is 56.9 Å². The van der Waals surface area contributed by atoms with Crippen molar-refractivity contribution in [1.29, 1.82) is 0 Å². The van der Waals surface area contributed by atoms with E-state index >= 15 is 0 Å². The molecule has 0 aromatic rings. The molecule has 1 heterocycles. The summed E-state index contributed by atoms with van der Waals surface area (Å²) in [6.45, 7) is 1.14. The van der Waals surface area contributed by atoms with Gasteiger partial charge >= 0.3 is 0 Å². The number of hydrogen-bond acceptors (Lipinski definition) is 4. The lowest BCUT2D eigenvalue weighted by Crippen LogP contribution is -2.52. The minimum atomic E-state index is -2.89. The van der Waals surface area contributed by atoms with Crippen molar-refractivity contribution in [2.75, 3.05) is 31.6 Å². The molecule has 24 heavy (non-hydrogen) atoms. The highest BCUT2D eigenvalue weighted by Gasteiger charge is 2.50. The topological polar surface area (TPSA) is 66.5 Å². The van der Waals surface area contributed by atoms with Gasteiger partial charge in [-0.25, -0.2) is 8.42 Å². The number of nitrogens with one attached hydrogen (secondary N) is 1. The molecule has 0 radical (unpaired) electrons. The summed E-state index contributed by atoms with van der Waals surface area (Å²) in [6, 6.07) is 0.000277. The van der Waals surface area contributed by atoms with Crippen LogP contribution in [0.25, 0.3) is 0 Å². The minimum Gasteiger partial charge on any atom is -0.354 e. The second-order valence-corrected chi connectivity index (χ2v) is 11.4. The second kappa shape index (κ2) is 5.97. The Balaban J connectivity index is 1.28. The fourth-order valence-electron chi connectivity index (χ4n) is 6.33. The van der Waals surface area contributed by atoms with E-state index in [0.29, 0.717) is 18.4 Å². The summed E-state index contributed by atoms with van der Waals surface area (Å²) in [7, 11) is -1.02. The van der Waals surface area contributed by atoms with E-state index in [9.17, 15) is 13.2 Å². The van der Waals surface area contributed by atoms with Crippen molar-refractivity contribution in [1.82, 2.24) is 10.2 Å². The zero-order valence-corrected chi connectivity index (χ0v) is 15.5. The maximum atomic E-state index is 12.4. The predicted molar refractivity (Wildman–Crippen MR) is 93.3 cm³/mol. The molecule has 1 atom stereocenters. The molecule has 136 valence electrons. The highest BCUT2D eigenvalue weighted by molar-refractivity contribution is 7.91. The van der Waals surface area contributed by atoms with Crippen molar-refractivity contribution < 1.29 is 13.2 Å². The summed E-state index contributed by atoms with van der Waals surface area (Å²) < 4.78 is 23.2. The summed E-state index contributed by atoms with van der Waals surface area (Å²) in [5.74, 6) is 3.22.